The van der Waals surface area contributed by atoms with E-state index >= 15 is 0 Å². The van der Waals surface area contributed by atoms with Crippen LogP contribution in [0.5, 0.6) is 0 Å². The summed E-state index contributed by atoms with van der Waals surface area (Å²) in [4.78, 5) is 22.2. The topological polar surface area (TPSA) is 44.7 Å². The molecule has 2 aliphatic heterocycles. The van der Waals surface area contributed by atoms with E-state index in [1.54, 1.807) is 11.8 Å². The molecule has 2 atom stereocenters. The molecule has 0 spiro atoms. The summed E-state index contributed by atoms with van der Waals surface area (Å²) in [7, 11) is 0. The summed E-state index contributed by atoms with van der Waals surface area (Å²) >= 11 is 7.84. The molecule has 4 nitrogen and oxygen atoms in total. The maximum absolute atomic E-state index is 12.7. The molecule has 2 aromatic rings. The van der Waals surface area contributed by atoms with Crippen molar-refractivity contribution in [2.45, 2.75) is 43.4 Å². The summed E-state index contributed by atoms with van der Waals surface area (Å²) in [6.07, 6.45) is 2.29. The van der Waals surface area contributed by atoms with Gasteiger partial charge >= 0.3 is 0 Å². The molecule has 1 N–H and O–H groups in total. The number of hydrogen-bond donors (Lipinski definition) is 1. The van der Waals surface area contributed by atoms with Crippen molar-refractivity contribution < 1.29 is 4.79 Å². The van der Waals surface area contributed by atoms with Crippen molar-refractivity contribution in [3.8, 4) is 0 Å². The fourth-order valence-electron chi connectivity index (χ4n) is 4.65. The SMILES string of the molecule is CC1=Nc2cc(C(=O)NCCCN3C[C@@H](C)C[C@H](C)C3)ccc2Sc2ccc(Cl)cc21. The van der Waals surface area contributed by atoms with E-state index in [2.05, 4.69) is 24.1 Å². The lowest BCUT2D eigenvalue weighted by atomic mass is 9.92. The molecule has 1 amide bonds. The van der Waals surface area contributed by atoms with E-state index < -0.39 is 0 Å². The van der Waals surface area contributed by atoms with Crippen LogP contribution in [0, 0.1) is 11.8 Å². The number of nitrogens with zero attached hydrogens (tertiary/aromatic N) is 2. The summed E-state index contributed by atoms with van der Waals surface area (Å²) in [5.41, 5.74) is 3.44. The first kappa shape index (κ1) is 22.4. The monoisotopic (exact) mass is 455 g/mol. The number of benzene rings is 2. The Morgan fingerprint density at radius 1 is 1.16 bits per heavy atom. The van der Waals surface area contributed by atoms with E-state index in [-0.39, 0.29) is 5.91 Å². The van der Waals surface area contributed by atoms with Crippen molar-refractivity contribution in [3.63, 3.8) is 0 Å². The van der Waals surface area contributed by atoms with E-state index in [0.29, 0.717) is 17.1 Å². The Kier molecular flexibility index (Phi) is 7.05. The van der Waals surface area contributed by atoms with Crippen LogP contribution in [0.15, 0.2) is 51.2 Å². The van der Waals surface area contributed by atoms with Crippen LogP contribution in [0.3, 0.4) is 0 Å². The zero-order chi connectivity index (χ0) is 22.0. The average molecular weight is 456 g/mol. The van der Waals surface area contributed by atoms with Crippen LogP contribution in [0.2, 0.25) is 5.02 Å². The molecule has 0 aromatic heterocycles. The van der Waals surface area contributed by atoms with Crippen molar-refractivity contribution in [2.75, 3.05) is 26.2 Å². The summed E-state index contributed by atoms with van der Waals surface area (Å²) in [6, 6.07) is 11.7. The summed E-state index contributed by atoms with van der Waals surface area (Å²) in [6.45, 7) is 10.7. The van der Waals surface area contributed by atoms with Gasteiger partial charge in [0.25, 0.3) is 5.91 Å². The third kappa shape index (κ3) is 5.51. The number of likely N-dealkylation sites (tertiary alicyclic amines) is 1. The predicted octanol–water partition coefficient (Wildman–Crippen LogP) is 6.04. The largest absolute Gasteiger partial charge is 0.352 e. The molecule has 2 aromatic carbocycles. The number of hydrogen-bond acceptors (Lipinski definition) is 4. The van der Waals surface area contributed by atoms with E-state index in [0.717, 1.165) is 51.6 Å². The Bertz CT molecular complexity index is 996. The molecule has 0 aliphatic carbocycles. The van der Waals surface area contributed by atoms with Gasteiger partial charge in [-0.1, -0.05) is 37.2 Å². The number of amides is 1. The molecule has 0 bridgehead atoms. The second kappa shape index (κ2) is 9.76. The van der Waals surface area contributed by atoms with Gasteiger partial charge in [0.05, 0.1) is 5.69 Å². The Morgan fingerprint density at radius 2 is 1.90 bits per heavy atom. The number of carbonyl (C=O) groups excluding carboxylic acids is 1. The standard InChI is InChI=1S/C25H30ClN3OS/c1-16-11-17(2)15-29(14-16)10-4-9-27-25(30)19-5-7-24-22(12-19)28-18(3)21-13-20(26)6-8-23(21)31-24/h5-8,12-13,16-17H,4,9-11,14-15H2,1-3H3,(H,27,30)/t16-,17-/m0/s1. The van der Waals surface area contributed by atoms with Crippen molar-refractivity contribution >= 4 is 40.7 Å². The normalized spacial score (nSPS) is 21.0. The van der Waals surface area contributed by atoms with Crippen LogP contribution in [0.1, 0.15) is 49.5 Å². The number of piperidine rings is 1. The molecule has 0 radical (unpaired) electrons. The average Bonchev–Trinajstić information content (AvgIpc) is 2.85. The Labute approximate surface area is 194 Å². The smallest absolute Gasteiger partial charge is 0.251 e. The number of halogens is 1. The van der Waals surface area contributed by atoms with E-state index in [1.165, 1.54) is 19.5 Å². The number of rotatable bonds is 5. The number of nitrogens with one attached hydrogen (secondary N) is 1. The van der Waals surface area contributed by atoms with Crippen molar-refractivity contribution in [1.82, 2.24) is 10.2 Å². The Hall–Kier alpha value is -1.82. The highest BCUT2D eigenvalue weighted by Crippen LogP contribution is 2.41. The van der Waals surface area contributed by atoms with E-state index in [4.69, 9.17) is 16.6 Å². The molecule has 164 valence electrons. The van der Waals surface area contributed by atoms with E-state index in [9.17, 15) is 4.79 Å². The van der Waals surface area contributed by atoms with Gasteiger partial charge in [-0.05, 0) is 74.5 Å². The lowest BCUT2D eigenvalue weighted by Gasteiger charge is -2.34. The zero-order valence-electron chi connectivity index (χ0n) is 18.5. The van der Waals surface area contributed by atoms with Gasteiger partial charge in [-0.3, -0.25) is 9.79 Å². The molecule has 1 saturated heterocycles. The summed E-state index contributed by atoms with van der Waals surface area (Å²) < 4.78 is 0. The second-order valence-corrected chi connectivity index (χ2v) is 10.5. The first-order valence-electron chi connectivity index (χ1n) is 11.1. The summed E-state index contributed by atoms with van der Waals surface area (Å²) in [5.74, 6) is 1.50. The van der Waals surface area contributed by atoms with Gasteiger partial charge < -0.3 is 10.2 Å². The molecule has 0 unspecified atom stereocenters. The highest BCUT2D eigenvalue weighted by molar-refractivity contribution is 7.99. The molecule has 4 rings (SSSR count). The second-order valence-electron chi connectivity index (χ2n) is 8.94. The first-order valence-corrected chi connectivity index (χ1v) is 12.3. The van der Waals surface area contributed by atoms with Crippen LogP contribution < -0.4 is 5.32 Å². The van der Waals surface area contributed by atoms with Crippen LogP contribution in [-0.2, 0) is 0 Å². The van der Waals surface area contributed by atoms with Crippen molar-refractivity contribution in [1.29, 1.82) is 0 Å². The Morgan fingerprint density at radius 3 is 2.68 bits per heavy atom. The highest BCUT2D eigenvalue weighted by Gasteiger charge is 2.21. The third-order valence-corrected chi connectivity index (χ3v) is 7.32. The maximum atomic E-state index is 12.7. The lowest BCUT2D eigenvalue weighted by Crippen LogP contribution is -2.40. The first-order chi connectivity index (χ1) is 14.9. The molecule has 31 heavy (non-hydrogen) atoms. The van der Waals surface area contributed by atoms with Gasteiger partial charge in [0.1, 0.15) is 0 Å². The minimum Gasteiger partial charge on any atom is -0.352 e. The molecule has 1 fully saturated rings. The van der Waals surface area contributed by atoms with Gasteiger partial charge in [-0.15, -0.1) is 0 Å². The van der Waals surface area contributed by atoms with Gasteiger partial charge in [0.15, 0.2) is 0 Å². The number of aliphatic imine (C=N–C) groups is 1. The van der Waals surface area contributed by atoms with Crippen LogP contribution in [-0.4, -0.2) is 42.7 Å². The van der Waals surface area contributed by atoms with E-state index in [1.807, 2.05) is 43.3 Å². The minimum atomic E-state index is -0.0363. The summed E-state index contributed by atoms with van der Waals surface area (Å²) in [5, 5.41) is 3.78. The molecule has 0 saturated carbocycles. The maximum Gasteiger partial charge on any atom is 0.251 e. The number of fused-ring (bicyclic) bond motifs is 2. The van der Waals surface area contributed by atoms with Crippen LogP contribution >= 0.6 is 23.4 Å². The third-order valence-electron chi connectivity index (χ3n) is 5.94. The van der Waals surface area contributed by atoms with Crippen LogP contribution in [0.25, 0.3) is 0 Å². The van der Waals surface area contributed by atoms with Gasteiger partial charge in [-0.2, -0.15) is 0 Å². The van der Waals surface area contributed by atoms with Gasteiger partial charge in [0.2, 0.25) is 0 Å². The number of carbonyl (C=O) groups is 1. The highest BCUT2D eigenvalue weighted by atomic mass is 35.5. The predicted molar refractivity (Wildman–Crippen MR) is 130 cm³/mol. The fourth-order valence-corrected chi connectivity index (χ4v) is 5.85. The quantitative estimate of drug-likeness (QED) is 0.558. The van der Waals surface area contributed by atoms with Gasteiger partial charge in [0, 0.05) is 51.3 Å². The molecule has 2 heterocycles. The Balaban J connectivity index is 1.37. The molecule has 2 aliphatic rings. The van der Waals surface area contributed by atoms with Crippen molar-refractivity contribution in [3.05, 3.63) is 52.5 Å². The van der Waals surface area contributed by atoms with Crippen molar-refractivity contribution in [2.24, 2.45) is 16.8 Å². The fraction of sp³-hybridized carbons (Fsp3) is 0.440. The van der Waals surface area contributed by atoms with Gasteiger partial charge in [-0.25, -0.2) is 0 Å². The zero-order valence-corrected chi connectivity index (χ0v) is 20.0. The molecular formula is C25H30ClN3OS. The molecule has 6 heteroatoms. The minimum absolute atomic E-state index is 0.0363. The lowest BCUT2D eigenvalue weighted by molar-refractivity contribution is 0.0947. The van der Waals surface area contributed by atoms with Crippen LogP contribution in [0.4, 0.5) is 5.69 Å². The molecular weight excluding hydrogens is 426 g/mol.